The smallest absolute Gasteiger partial charge is 0.149 e. The van der Waals surface area contributed by atoms with Gasteiger partial charge in [0.25, 0.3) is 0 Å². The summed E-state index contributed by atoms with van der Waals surface area (Å²) in [5, 5.41) is 13.9. The first-order valence-corrected chi connectivity index (χ1v) is 7.90. The molecule has 1 saturated carbocycles. The molecular formula is C10H15ClN2O3S. The quantitative estimate of drug-likeness (QED) is 0.870. The minimum absolute atomic E-state index is 0.00335. The second kappa shape index (κ2) is 4.59. The highest BCUT2D eigenvalue weighted by atomic mass is 35.5. The number of hydrogen-bond donors (Lipinski definition) is 1. The van der Waals surface area contributed by atoms with Gasteiger partial charge in [-0.05, 0) is 12.8 Å². The van der Waals surface area contributed by atoms with Crippen LogP contribution in [0, 0.1) is 0 Å². The Morgan fingerprint density at radius 2 is 2.18 bits per heavy atom. The molecule has 0 saturated heterocycles. The summed E-state index contributed by atoms with van der Waals surface area (Å²) in [6, 6.07) is 0. The average Bonchev–Trinajstić information content (AvgIpc) is 3.00. The van der Waals surface area contributed by atoms with Crippen molar-refractivity contribution in [3.05, 3.63) is 16.4 Å². The first-order chi connectivity index (χ1) is 7.92. The fourth-order valence-corrected chi connectivity index (χ4v) is 2.51. The first kappa shape index (κ1) is 12.9. The highest BCUT2D eigenvalue weighted by Gasteiger charge is 2.31. The number of aryl methyl sites for hydroxylation is 1. The molecule has 0 bridgehead atoms. The van der Waals surface area contributed by atoms with Crippen molar-refractivity contribution < 1.29 is 13.5 Å². The molecule has 1 fully saturated rings. The summed E-state index contributed by atoms with van der Waals surface area (Å²) in [6.07, 6.45) is 3.30. The lowest BCUT2D eigenvalue weighted by molar-refractivity contribution is 0.280. The van der Waals surface area contributed by atoms with E-state index in [0.717, 1.165) is 18.5 Å². The summed E-state index contributed by atoms with van der Waals surface area (Å²) in [5.74, 6) is 0.387. The topological polar surface area (TPSA) is 72.2 Å². The van der Waals surface area contributed by atoms with Gasteiger partial charge >= 0.3 is 0 Å². The lowest BCUT2D eigenvalue weighted by Gasteiger charge is -2.01. The molecule has 5 nitrogen and oxygen atoms in total. The SMILES string of the molecule is CS(=O)(=O)CCn1nc(C2CC2)c(CO)c1Cl. The Hall–Kier alpha value is -0.590. The van der Waals surface area contributed by atoms with Gasteiger partial charge in [-0.2, -0.15) is 5.10 Å². The van der Waals surface area contributed by atoms with Crippen molar-refractivity contribution in [3.63, 3.8) is 0 Å². The molecule has 0 spiro atoms. The van der Waals surface area contributed by atoms with E-state index in [-0.39, 0.29) is 18.9 Å². The van der Waals surface area contributed by atoms with Crippen LogP contribution in [0.25, 0.3) is 0 Å². The second-order valence-electron chi connectivity index (χ2n) is 4.44. The number of hydrogen-bond acceptors (Lipinski definition) is 4. The van der Waals surface area contributed by atoms with Gasteiger partial charge in [-0.3, -0.25) is 4.68 Å². The van der Waals surface area contributed by atoms with Crippen molar-refractivity contribution in [1.29, 1.82) is 0 Å². The lowest BCUT2D eigenvalue weighted by atomic mass is 10.2. The second-order valence-corrected chi connectivity index (χ2v) is 7.06. The van der Waals surface area contributed by atoms with Crippen molar-refractivity contribution in [2.45, 2.75) is 31.9 Å². The maximum Gasteiger partial charge on any atom is 0.149 e. The number of nitrogens with zero attached hydrogens (tertiary/aromatic N) is 2. The molecule has 0 aromatic carbocycles. The average molecular weight is 279 g/mol. The van der Waals surface area contributed by atoms with E-state index in [1.54, 1.807) is 0 Å². The van der Waals surface area contributed by atoms with Crippen LogP contribution >= 0.6 is 11.6 Å². The Morgan fingerprint density at radius 3 is 2.65 bits per heavy atom. The Labute approximate surface area is 105 Å². The standard InChI is InChI=1S/C10H15ClN2O3S/c1-17(15,16)5-4-13-10(11)8(6-14)9(12-13)7-2-3-7/h7,14H,2-6H2,1H3. The van der Waals surface area contributed by atoms with Crippen LogP contribution in [0.15, 0.2) is 0 Å². The van der Waals surface area contributed by atoms with Gasteiger partial charge in [0.05, 0.1) is 24.6 Å². The highest BCUT2D eigenvalue weighted by Crippen LogP contribution is 2.42. The van der Waals surface area contributed by atoms with Crippen molar-refractivity contribution in [2.75, 3.05) is 12.0 Å². The van der Waals surface area contributed by atoms with E-state index in [2.05, 4.69) is 5.10 Å². The van der Waals surface area contributed by atoms with Gasteiger partial charge in [-0.15, -0.1) is 0 Å². The fraction of sp³-hybridized carbons (Fsp3) is 0.700. The molecule has 1 aliphatic rings. The third-order valence-electron chi connectivity index (χ3n) is 2.81. The van der Waals surface area contributed by atoms with Crippen LogP contribution in [0.5, 0.6) is 0 Å². The number of aromatic nitrogens is 2. The fourth-order valence-electron chi connectivity index (χ4n) is 1.73. The Balaban J connectivity index is 2.22. The molecule has 2 rings (SSSR count). The van der Waals surface area contributed by atoms with E-state index in [4.69, 9.17) is 11.6 Å². The third-order valence-corrected chi connectivity index (χ3v) is 4.16. The van der Waals surface area contributed by atoms with Crippen LogP contribution in [-0.2, 0) is 23.0 Å². The molecular weight excluding hydrogens is 264 g/mol. The Morgan fingerprint density at radius 1 is 1.53 bits per heavy atom. The summed E-state index contributed by atoms with van der Waals surface area (Å²) in [6.45, 7) is 0.0843. The van der Waals surface area contributed by atoms with Crippen LogP contribution in [0.3, 0.4) is 0 Å². The molecule has 0 unspecified atom stereocenters. The predicted molar refractivity (Wildman–Crippen MR) is 64.8 cm³/mol. The van der Waals surface area contributed by atoms with Crippen molar-refractivity contribution in [1.82, 2.24) is 9.78 Å². The minimum Gasteiger partial charge on any atom is -0.391 e. The molecule has 0 atom stereocenters. The van der Waals surface area contributed by atoms with Gasteiger partial charge in [0.1, 0.15) is 15.0 Å². The van der Waals surface area contributed by atoms with E-state index in [1.807, 2.05) is 0 Å². The predicted octanol–water partition coefficient (Wildman–Crippen LogP) is 0.951. The maximum absolute atomic E-state index is 11.1. The number of sulfone groups is 1. The minimum atomic E-state index is -3.04. The lowest BCUT2D eigenvalue weighted by Crippen LogP contribution is -2.12. The van der Waals surface area contributed by atoms with Gasteiger partial charge in [-0.1, -0.05) is 11.6 Å². The van der Waals surface area contributed by atoms with Crippen LogP contribution in [0.4, 0.5) is 0 Å². The summed E-state index contributed by atoms with van der Waals surface area (Å²) < 4.78 is 23.7. The van der Waals surface area contributed by atoms with Crippen LogP contribution in [-0.4, -0.2) is 35.3 Å². The monoisotopic (exact) mass is 278 g/mol. The van der Waals surface area contributed by atoms with Gasteiger partial charge in [0.2, 0.25) is 0 Å². The van der Waals surface area contributed by atoms with E-state index in [1.165, 1.54) is 10.9 Å². The number of aliphatic hydroxyl groups is 1. The van der Waals surface area contributed by atoms with Crippen LogP contribution in [0.2, 0.25) is 5.15 Å². The molecule has 96 valence electrons. The highest BCUT2D eigenvalue weighted by molar-refractivity contribution is 7.90. The summed E-state index contributed by atoms with van der Waals surface area (Å²) in [7, 11) is -3.04. The molecule has 1 aromatic rings. The molecule has 1 aromatic heterocycles. The van der Waals surface area contributed by atoms with Gasteiger partial charge in [0.15, 0.2) is 0 Å². The van der Waals surface area contributed by atoms with Crippen molar-refractivity contribution >= 4 is 21.4 Å². The summed E-state index contributed by atoms with van der Waals surface area (Å²) >= 11 is 6.08. The number of rotatable bonds is 5. The zero-order valence-electron chi connectivity index (χ0n) is 9.56. The van der Waals surface area contributed by atoms with Gasteiger partial charge in [-0.25, -0.2) is 8.42 Å². The molecule has 1 N–H and O–H groups in total. The summed E-state index contributed by atoms with van der Waals surface area (Å²) in [4.78, 5) is 0. The molecule has 1 heterocycles. The summed E-state index contributed by atoms with van der Waals surface area (Å²) in [5.41, 5.74) is 1.47. The molecule has 0 amide bonds. The van der Waals surface area contributed by atoms with E-state index in [9.17, 15) is 13.5 Å². The molecule has 1 aliphatic carbocycles. The van der Waals surface area contributed by atoms with E-state index >= 15 is 0 Å². The normalized spacial score (nSPS) is 16.4. The van der Waals surface area contributed by atoms with E-state index in [0.29, 0.717) is 16.6 Å². The van der Waals surface area contributed by atoms with Crippen LogP contribution < -0.4 is 0 Å². The zero-order valence-corrected chi connectivity index (χ0v) is 11.1. The number of halogens is 1. The molecule has 0 aliphatic heterocycles. The van der Waals surface area contributed by atoms with Crippen LogP contribution in [0.1, 0.15) is 30.0 Å². The van der Waals surface area contributed by atoms with Crippen molar-refractivity contribution in [3.8, 4) is 0 Å². The van der Waals surface area contributed by atoms with Gasteiger partial charge < -0.3 is 5.11 Å². The Bertz CT molecular complexity index is 520. The maximum atomic E-state index is 11.1. The van der Waals surface area contributed by atoms with Gasteiger partial charge in [0, 0.05) is 17.7 Å². The molecule has 7 heteroatoms. The first-order valence-electron chi connectivity index (χ1n) is 5.46. The number of aliphatic hydroxyl groups excluding tert-OH is 1. The molecule has 17 heavy (non-hydrogen) atoms. The zero-order chi connectivity index (χ0) is 12.6. The Kier molecular flexibility index (Phi) is 3.47. The largest absolute Gasteiger partial charge is 0.391 e. The van der Waals surface area contributed by atoms with Crippen molar-refractivity contribution in [2.24, 2.45) is 0 Å². The third kappa shape index (κ3) is 3.00. The molecule has 0 radical (unpaired) electrons. The van der Waals surface area contributed by atoms with E-state index < -0.39 is 9.84 Å².